The molecule has 0 bridgehead atoms. The number of anilines is 1. The Morgan fingerprint density at radius 3 is 2.82 bits per heavy atom. The van der Waals surface area contributed by atoms with E-state index in [1.807, 2.05) is 13.8 Å². The molecule has 2 aromatic rings. The largest absolute Gasteiger partial charge is 0.389 e. The lowest BCUT2D eigenvalue weighted by Gasteiger charge is -2.12. The predicted octanol–water partition coefficient (Wildman–Crippen LogP) is 4.01. The summed E-state index contributed by atoms with van der Waals surface area (Å²) in [6, 6.07) is 5.24. The van der Waals surface area contributed by atoms with Crippen LogP contribution in [-0.4, -0.2) is 0 Å². The molecule has 1 aromatic carbocycles. The van der Waals surface area contributed by atoms with Gasteiger partial charge in [-0.2, -0.15) is 5.26 Å². The zero-order valence-electron chi connectivity index (χ0n) is 9.75. The Morgan fingerprint density at radius 1 is 1.53 bits per heavy atom. The Kier molecular flexibility index (Phi) is 3.03. The molecule has 0 aliphatic carbocycles. The van der Waals surface area contributed by atoms with Crippen molar-refractivity contribution in [2.75, 3.05) is 5.73 Å². The predicted molar refractivity (Wildman–Crippen MR) is 69.6 cm³/mol. The van der Waals surface area contributed by atoms with Crippen LogP contribution in [0.2, 0.25) is 0 Å². The van der Waals surface area contributed by atoms with E-state index in [-0.39, 0.29) is 11.7 Å². The minimum Gasteiger partial charge on any atom is -0.389 e. The number of fused-ring (bicyclic) bond motifs is 1. The van der Waals surface area contributed by atoms with Crippen molar-refractivity contribution < 1.29 is 4.39 Å². The van der Waals surface area contributed by atoms with Crippen LogP contribution in [0, 0.1) is 17.1 Å². The lowest BCUT2D eigenvalue weighted by atomic mass is 9.93. The minimum atomic E-state index is -0.249. The van der Waals surface area contributed by atoms with Gasteiger partial charge in [0.1, 0.15) is 16.9 Å². The van der Waals surface area contributed by atoms with Gasteiger partial charge in [-0.3, -0.25) is 0 Å². The first-order chi connectivity index (χ1) is 8.10. The number of benzene rings is 1. The number of nitrogens with zero attached hydrogens (tertiary/aromatic N) is 1. The van der Waals surface area contributed by atoms with Gasteiger partial charge >= 0.3 is 0 Å². The number of halogens is 1. The van der Waals surface area contributed by atoms with E-state index in [4.69, 9.17) is 11.0 Å². The molecular formula is C13H13FN2S. The molecule has 0 saturated carbocycles. The zero-order valence-corrected chi connectivity index (χ0v) is 10.6. The van der Waals surface area contributed by atoms with Crippen LogP contribution in [0.5, 0.6) is 0 Å². The summed E-state index contributed by atoms with van der Waals surface area (Å²) >= 11 is 1.34. The van der Waals surface area contributed by atoms with Crippen LogP contribution in [0.4, 0.5) is 9.39 Å². The van der Waals surface area contributed by atoms with Crippen molar-refractivity contribution in [1.29, 1.82) is 5.26 Å². The number of nitrogen functional groups attached to an aromatic ring is 1. The normalized spacial score (nSPS) is 12.6. The average molecular weight is 248 g/mol. The molecule has 1 aromatic heterocycles. The average Bonchev–Trinajstić information content (AvgIpc) is 2.63. The molecule has 1 heterocycles. The fourth-order valence-electron chi connectivity index (χ4n) is 2.01. The quantitative estimate of drug-likeness (QED) is 0.873. The highest BCUT2D eigenvalue weighted by molar-refractivity contribution is 7.23. The maximum Gasteiger partial charge on any atom is 0.127 e. The number of thiophene rings is 1. The van der Waals surface area contributed by atoms with Crippen LogP contribution >= 0.6 is 11.3 Å². The third kappa shape index (κ3) is 1.77. The standard InChI is InChI=1S/C13H13FN2S/c1-3-7(2)11-9(14)4-5-10-12(11)8(6-15)13(16)17-10/h4-5,7H,3,16H2,1-2H3. The molecule has 0 amide bonds. The second-order valence-corrected chi connectivity index (χ2v) is 5.18. The summed E-state index contributed by atoms with van der Waals surface area (Å²) < 4.78 is 14.8. The van der Waals surface area contributed by atoms with Crippen LogP contribution in [0.1, 0.15) is 37.3 Å². The Morgan fingerprint density at radius 2 is 2.24 bits per heavy atom. The molecule has 0 spiro atoms. The number of rotatable bonds is 2. The fourth-order valence-corrected chi connectivity index (χ4v) is 2.94. The number of hydrogen-bond acceptors (Lipinski definition) is 3. The molecule has 1 unspecified atom stereocenters. The van der Waals surface area contributed by atoms with E-state index in [2.05, 4.69) is 6.07 Å². The van der Waals surface area contributed by atoms with Gasteiger partial charge < -0.3 is 5.73 Å². The Bertz CT molecular complexity index is 610. The molecule has 17 heavy (non-hydrogen) atoms. The Hall–Kier alpha value is -1.60. The first kappa shape index (κ1) is 11.9. The summed E-state index contributed by atoms with van der Waals surface area (Å²) in [5, 5.41) is 10.3. The summed E-state index contributed by atoms with van der Waals surface area (Å²) in [7, 11) is 0. The highest BCUT2D eigenvalue weighted by atomic mass is 32.1. The van der Waals surface area contributed by atoms with Crippen molar-refractivity contribution in [2.24, 2.45) is 0 Å². The van der Waals surface area contributed by atoms with Crippen LogP contribution in [0.25, 0.3) is 10.1 Å². The van der Waals surface area contributed by atoms with Gasteiger partial charge in [0, 0.05) is 15.6 Å². The summed E-state index contributed by atoms with van der Waals surface area (Å²) in [6.45, 7) is 3.97. The maximum atomic E-state index is 13.9. The lowest BCUT2D eigenvalue weighted by Crippen LogP contribution is -1.98. The van der Waals surface area contributed by atoms with Crippen molar-refractivity contribution in [3.8, 4) is 6.07 Å². The van der Waals surface area contributed by atoms with Gasteiger partial charge in [-0.1, -0.05) is 13.8 Å². The van der Waals surface area contributed by atoms with Gasteiger partial charge in [0.2, 0.25) is 0 Å². The van der Waals surface area contributed by atoms with E-state index in [0.29, 0.717) is 21.5 Å². The van der Waals surface area contributed by atoms with Gasteiger partial charge in [-0.05, 0) is 24.5 Å². The Balaban J connectivity index is 2.89. The number of nitriles is 1. The van der Waals surface area contributed by atoms with Crippen molar-refractivity contribution in [2.45, 2.75) is 26.2 Å². The number of hydrogen-bond donors (Lipinski definition) is 1. The maximum absolute atomic E-state index is 13.9. The monoisotopic (exact) mass is 248 g/mol. The fraction of sp³-hybridized carbons (Fsp3) is 0.308. The van der Waals surface area contributed by atoms with E-state index >= 15 is 0 Å². The lowest BCUT2D eigenvalue weighted by molar-refractivity contribution is 0.588. The first-order valence-corrected chi connectivity index (χ1v) is 6.32. The SMILES string of the molecule is CCC(C)c1c(F)ccc2sc(N)c(C#N)c12. The molecule has 2 N–H and O–H groups in total. The third-order valence-electron chi connectivity index (χ3n) is 3.09. The zero-order chi connectivity index (χ0) is 12.6. The molecule has 0 aliphatic heterocycles. The molecule has 0 aliphatic rings. The number of nitrogens with two attached hydrogens (primary N) is 1. The topological polar surface area (TPSA) is 49.8 Å². The molecule has 0 radical (unpaired) electrons. The summed E-state index contributed by atoms with van der Waals surface area (Å²) in [5.41, 5.74) is 6.83. The summed E-state index contributed by atoms with van der Waals surface area (Å²) in [6.07, 6.45) is 0.830. The first-order valence-electron chi connectivity index (χ1n) is 5.50. The van der Waals surface area contributed by atoms with Crippen LogP contribution in [0.15, 0.2) is 12.1 Å². The van der Waals surface area contributed by atoms with E-state index in [0.717, 1.165) is 11.1 Å². The van der Waals surface area contributed by atoms with Gasteiger partial charge in [-0.15, -0.1) is 11.3 Å². The van der Waals surface area contributed by atoms with Crippen molar-refractivity contribution >= 4 is 26.4 Å². The summed E-state index contributed by atoms with van der Waals surface area (Å²) in [5.74, 6) is -0.166. The van der Waals surface area contributed by atoms with Crippen molar-refractivity contribution in [1.82, 2.24) is 0 Å². The Labute approximate surface area is 103 Å². The van der Waals surface area contributed by atoms with E-state index < -0.39 is 0 Å². The van der Waals surface area contributed by atoms with E-state index in [1.165, 1.54) is 17.4 Å². The van der Waals surface area contributed by atoms with Crippen molar-refractivity contribution in [3.63, 3.8) is 0 Å². The highest BCUT2D eigenvalue weighted by Gasteiger charge is 2.19. The molecule has 0 saturated heterocycles. The third-order valence-corrected chi connectivity index (χ3v) is 4.07. The highest BCUT2D eigenvalue weighted by Crippen LogP contribution is 2.39. The molecule has 1 atom stereocenters. The molecule has 4 heteroatoms. The van der Waals surface area contributed by atoms with Gasteiger partial charge in [0.15, 0.2) is 0 Å². The van der Waals surface area contributed by atoms with E-state index in [9.17, 15) is 4.39 Å². The molecular weight excluding hydrogens is 235 g/mol. The van der Waals surface area contributed by atoms with Gasteiger partial charge in [0.25, 0.3) is 0 Å². The molecule has 2 nitrogen and oxygen atoms in total. The van der Waals surface area contributed by atoms with Crippen molar-refractivity contribution in [3.05, 3.63) is 29.1 Å². The summed E-state index contributed by atoms with van der Waals surface area (Å²) in [4.78, 5) is 0. The van der Waals surface area contributed by atoms with Gasteiger partial charge in [-0.25, -0.2) is 4.39 Å². The van der Waals surface area contributed by atoms with E-state index in [1.54, 1.807) is 6.07 Å². The molecule has 88 valence electrons. The minimum absolute atomic E-state index is 0.0831. The van der Waals surface area contributed by atoms with Gasteiger partial charge in [0.05, 0.1) is 5.56 Å². The van der Waals surface area contributed by atoms with Crippen LogP contribution < -0.4 is 5.73 Å². The molecule has 2 rings (SSSR count). The van der Waals surface area contributed by atoms with Crippen LogP contribution in [0.3, 0.4) is 0 Å². The smallest absolute Gasteiger partial charge is 0.127 e. The van der Waals surface area contributed by atoms with Crippen LogP contribution in [-0.2, 0) is 0 Å². The second kappa shape index (κ2) is 4.34. The molecule has 0 fully saturated rings. The second-order valence-electron chi connectivity index (χ2n) is 4.10.